The molecule has 0 amide bonds. The average molecular weight is 518 g/mol. The molecule has 0 N–H and O–H groups in total. The summed E-state index contributed by atoms with van der Waals surface area (Å²) in [6, 6.07) is 13.1. The Morgan fingerprint density at radius 2 is 1.92 bits per heavy atom. The van der Waals surface area contributed by atoms with E-state index in [0.29, 0.717) is 31.9 Å². The zero-order valence-corrected chi connectivity index (χ0v) is 22.4. The molecule has 1 fully saturated rings. The van der Waals surface area contributed by atoms with Crippen LogP contribution in [0.2, 0.25) is 0 Å². The topological polar surface area (TPSA) is 73.1 Å². The van der Waals surface area contributed by atoms with Gasteiger partial charge in [0.15, 0.2) is 4.80 Å². The minimum Gasteiger partial charge on any atom is -0.496 e. The molecule has 192 valence electrons. The zero-order valence-electron chi connectivity index (χ0n) is 21.6. The van der Waals surface area contributed by atoms with Crippen LogP contribution < -0.4 is 24.5 Å². The Balaban J connectivity index is 1.66. The summed E-state index contributed by atoms with van der Waals surface area (Å²) in [5.74, 6) is 0.106. The number of aromatic nitrogens is 1. The van der Waals surface area contributed by atoms with Crippen molar-refractivity contribution in [1.29, 1.82) is 0 Å². The lowest BCUT2D eigenvalue weighted by Gasteiger charge is -2.25. The molecule has 1 aromatic heterocycles. The molecule has 3 aromatic rings. The van der Waals surface area contributed by atoms with Crippen molar-refractivity contribution in [3.8, 4) is 5.75 Å². The van der Waals surface area contributed by atoms with Gasteiger partial charge in [-0.15, -0.1) is 0 Å². The quantitative estimate of drug-likeness (QED) is 0.466. The van der Waals surface area contributed by atoms with E-state index in [-0.39, 0.29) is 12.2 Å². The second-order valence-corrected chi connectivity index (χ2v) is 10.3. The van der Waals surface area contributed by atoms with Gasteiger partial charge in [-0.3, -0.25) is 9.36 Å². The van der Waals surface area contributed by atoms with Gasteiger partial charge in [0.25, 0.3) is 5.56 Å². The Morgan fingerprint density at radius 1 is 1.16 bits per heavy atom. The molecule has 8 heteroatoms. The molecule has 7 nitrogen and oxygen atoms in total. The number of ether oxygens (including phenoxy) is 2. The van der Waals surface area contributed by atoms with Gasteiger partial charge < -0.3 is 14.4 Å². The lowest BCUT2D eigenvalue weighted by atomic mass is 9.95. The Bertz CT molecular complexity index is 1560. The van der Waals surface area contributed by atoms with Crippen LogP contribution >= 0.6 is 11.3 Å². The summed E-state index contributed by atoms with van der Waals surface area (Å²) in [6.07, 6.45) is 4.38. The number of anilines is 1. The van der Waals surface area contributed by atoms with Crippen LogP contribution in [0.4, 0.5) is 5.69 Å². The number of rotatable bonds is 6. The number of methoxy groups -OCH3 is 1. The number of thiazole rings is 1. The number of fused-ring (bicyclic) bond motifs is 1. The highest BCUT2D eigenvalue weighted by Crippen LogP contribution is 2.35. The van der Waals surface area contributed by atoms with Crippen molar-refractivity contribution in [2.75, 3.05) is 31.7 Å². The SMILES string of the molecule is CCOC(=O)C1=C(C)N=c2s/c(=C/c3ccc(N4CCCC4)cc3C)c(=O)n2[C@H]1c1ccccc1OC. The molecule has 1 saturated heterocycles. The van der Waals surface area contributed by atoms with Gasteiger partial charge in [0.1, 0.15) is 11.8 Å². The average Bonchev–Trinajstić information content (AvgIpc) is 3.53. The fraction of sp³-hybridized carbons (Fsp3) is 0.345. The van der Waals surface area contributed by atoms with Crippen molar-refractivity contribution in [3.63, 3.8) is 0 Å². The number of allylic oxidation sites excluding steroid dienone is 1. The van der Waals surface area contributed by atoms with E-state index in [0.717, 1.165) is 24.2 Å². The van der Waals surface area contributed by atoms with Gasteiger partial charge in [-0.05, 0) is 69.0 Å². The van der Waals surface area contributed by atoms with Crippen molar-refractivity contribution in [2.45, 2.75) is 39.7 Å². The van der Waals surface area contributed by atoms with E-state index in [9.17, 15) is 9.59 Å². The number of esters is 1. The third kappa shape index (κ3) is 4.62. The number of carbonyl (C=O) groups is 1. The number of para-hydroxylation sites is 1. The van der Waals surface area contributed by atoms with Crippen LogP contribution in [0.25, 0.3) is 6.08 Å². The maximum Gasteiger partial charge on any atom is 0.338 e. The van der Waals surface area contributed by atoms with Crippen molar-refractivity contribution in [2.24, 2.45) is 4.99 Å². The summed E-state index contributed by atoms with van der Waals surface area (Å²) < 4.78 is 13.2. The Hall–Kier alpha value is -3.65. The largest absolute Gasteiger partial charge is 0.496 e. The molecular formula is C29H31N3O4S. The molecule has 0 unspecified atom stereocenters. The zero-order chi connectivity index (χ0) is 26.1. The summed E-state index contributed by atoms with van der Waals surface area (Å²) in [5.41, 5.74) is 4.71. The van der Waals surface area contributed by atoms with Crippen LogP contribution in [-0.4, -0.2) is 37.3 Å². The van der Waals surface area contributed by atoms with Gasteiger partial charge in [-0.25, -0.2) is 9.79 Å². The van der Waals surface area contributed by atoms with E-state index in [1.165, 1.54) is 29.9 Å². The normalized spacial score (nSPS) is 17.6. The fourth-order valence-corrected chi connectivity index (χ4v) is 6.15. The summed E-state index contributed by atoms with van der Waals surface area (Å²) in [7, 11) is 1.58. The molecule has 3 heterocycles. The third-order valence-electron chi connectivity index (χ3n) is 6.96. The standard InChI is InChI=1S/C29H31N3O4S/c1-5-36-28(34)25-19(3)30-29-32(26(25)22-10-6-7-11-23(22)35-4)27(33)24(37-29)17-20-12-13-21(16-18(20)2)31-14-8-9-15-31/h6-7,10-13,16-17,26H,5,8-9,14-15H2,1-4H3/b24-17+/t26-/m0/s1. The maximum atomic E-state index is 13.9. The first-order valence-corrected chi connectivity index (χ1v) is 13.4. The molecule has 0 aliphatic carbocycles. The van der Waals surface area contributed by atoms with E-state index in [4.69, 9.17) is 9.47 Å². The van der Waals surface area contributed by atoms with Crippen LogP contribution in [0.3, 0.4) is 0 Å². The molecule has 5 rings (SSSR count). The molecule has 0 radical (unpaired) electrons. The second-order valence-electron chi connectivity index (χ2n) is 9.28. The second kappa shape index (κ2) is 10.4. The Morgan fingerprint density at radius 3 is 2.62 bits per heavy atom. The molecule has 0 bridgehead atoms. The predicted octanol–water partition coefficient (Wildman–Crippen LogP) is 3.72. The van der Waals surface area contributed by atoms with E-state index >= 15 is 0 Å². The Labute approximate surface area is 220 Å². The highest BCUT2D eigenvalue weighted by atomic mass is 32.1. The fourth-order valence-electron chi connectivity index (χ4n) is 5.11. The summed E-state index contributed by atoms with van der Waals surface area (Å²) in [6.45, 7) is 8.02. The molecule has 0 spiro atoms. The van der Waals surface area contributed by atoms with E-state index < -0.39 is 12.0 Å². The predicted molar refractivity (Wildman–Crippen MR) is 146 cm³/mol. The van der Waals surface area contributed by atoms with Gasteiger partial charge >= 0.3 is 5.97 Å². The number of nitrogens with zero attached hydrogens (tertiary/aromatic N) is 3. The smallest absolute Gasteiger partial charge is 0.338 e. The molecule has 2 aromatic carbocycles. The summed E-state index contributed by atoms with van der Waals surface area (Å²) in [4.78, 5) is 34.6. The lowest BCUT2D eigenvalue weighted by Crippen LogP contribution is -2.40. The highest BCUT2D eigenvalue weighted by molar-refractivity contribution is 7.07. The number of benzene rings is 2. The van der Waals surface area contributed by atoms with Gasteiger partial charge in [-0.2, -0.15) is 0 Å². The number of hydrogen-bond donors (Lipinski definition) is 0. The van der Waals surface area contributed by atoms with Crippen LogP contribution in [-0.2, 0) is 9.53 Å². The first-order chi connectivity index (χ1) is 17.9. The van der Waals surface area contributed by atoms with Gasteiger partial charge in [0.2, 0.25) is 0 Å². The third-order valence-corrected chi connectivity index (χ3v) is 7.94. The number of carbonyl (C=O) groups excluding carboxylic acids is 1. The molecule has 1 atom stereocenters. The van der Waals surface area contributed by atoms with Crippen molar-refractivity contribution in [3.05, 3.63) is 90.1 Å². The first-order valence-electron chi connectivity index (χ1n) is 12.6. The highest BCUT2D eigenvalue weighted by Gasteiger charge is 2.35. The minimum absolute atomic E-state index is 0.197. The monoisotopic (exact) mass is 517 g/mol. The van der Waals surface area contributed by atoms with Crippen molar-refractivity contribution < 1.29 is 14.3 Å². The summed E-state index contributed by atoms with van der Waals surface area (Å²) >= 11 is 1.33. The van der Waals surface area contributed by atoms with Gasteiger partial charge in [0, 0.05) is 24.3 Å². The molecule has 37 heavy (non-hydrogen) atoms. The van der Waals surface area contributed by atoms with Gasteiger partial charge in [-0.1, -0.05) is 35.6 Å². The molecule has 2 aliphatic rings. The van der Waals surface area contributed by atoms with Crippen LogP contribution in [0.1, 0.15) is 49.4 Å². The van der Waals surface area contributed by atoms with Gasteiger partial charge in [0.05, 0.1) is 29.5 Å². The number of aryl methyl sites for hydroxylation is 1. The van der Waals surface area contributed by atoms with Crippen molar-refractivity contribution in [1.82, 2.24) is 4.57 Å². The lowest BCUT2D eigenvalue weighted by molar-refractivity contribution is -0.139. The van der Waals surface area contributed by atoms with E-state index in [1.54, 1.807) is 25.5 Å². The molecule has 2 aliphatic heterocycles. The van der Waals surface area contributed by atoms with E-state index in [1.807, 2.05) is 30.3 Å². The first kappa shape index (κ1) is 25.0. The van der Waals surface area contributed by atoms with Crippen molar-refractivity contribution >= 4 is 29.1 Å². The van der Waals surface area contributed by atoms with Crippen LogP contribution in [0.5, 0.6) is 5.75 Å². The minimum atomic E-state index is -0.702. The molecular weight excluding hydrogens is 486 g/mol. The Kier molecular flexibility index (Phi) is 7.02. The summed E-state index contributed by atoms with van der Waals surface area (Å²) in [5, 5.41) is 0. The maximum absolute atomic E-state index is 13.9. The number of hydrogen-bond acceptors (Lipinski definition) is 7. The molecule has 0 saturated carbocycles. The van der Waals surface area contributed by atoms with E-state index in [2.05, 4.69) is 35.0 Å². The van der Waals surface area contributed by atoms with Crippen LogP contribution in [0.15, 0.2) is 63.5 Å². The van der Waals surface area contributed by atoms with Crippen LogP contribution in [0, 0.1) is 6.92 Å².